The smallest absolute Gasteiger partial charge is 0.188 e. The Bertz CT molecular complexity index is 153. The average molecular weight is 189 g/mol. The number of carbonyl (C=O) groups excluding carboxylic acids is 1. The van der Waals surface area contributed by atoms with Crippen LogP contribution in [-0.2, 0) is 4.79 Å². The van der Waals surface area contributed by atoms with E-state index in [1.165, 1.54) is 23.5 Å². The standard InChI is InChI=1S/C7H11NOS2/c1-10-7(9)4-2-3-5-11-6-8/h2-5H2,1H3. The van der Waals surface area contributed by atoms with Crippen molar-refractivity contribution in [2.24, 2.45) is 0 Å². The van der Waals surface area contributed by atoms with Gasteiger partial charge in [0.2, 0.25) is 0 Å². The third-order valence-corrected chi connectivity index (χ3v) is 2.45. The van der Waals surface area contributed by atoms with E-state index in [0.29, 0.717) is 6.42 Å². The van der Waals surface area contributed by atoms with Gasteiger partial charge >= 0.3 is 0 Å². The molecule has 0 fully saturated rings. The summed E-state index contributed by atoms with van der Waals surface area (Å²) in [6.07, 6.45) is 4.32. The molecule has 0 radical (unpaired) electrons. The molecular formula is C7H11NOS2. The molecule has 0 atom stereocenters. The van der Waals surface area contributed by atoms with Gasteiger partial charge in [-0.25, -0.2) is 0 Å². The summed E-state index contributed by atoms with van der Waals surface area (Å²) in [4.78, 5) is 10.7. The minimum atomic E-state index is 0.243. The molecule has 4 heteroatoms. The van der Waals surface area contributed by atoms with Crippen molar-refractivity contribution in [1.29, 1.82) is 5.26 Å². The monoisotopic (exact) mass is 189 g/mol. The fraction of sp³-hybridized carbons (Fsp3) is 0.714. The number of hydrogen-bond donors (Lipinski definition) is 0. The first kappa shape index (κ1) is 10.9. The summed E-state index contributed by atoms with van der Waals surface area (Å²) in [6.45, 7) is 0. The summed E-state index contributed by atoms with van der Waals surface area (Å²) < 4.78 is 0. The number of hydrogen-bond acceptors (Lipinski definition) is 4. The van der Waals surface area contributed by atoms with Crippen LogP contribution in [0.25, 0.3) is 0 Å². The molecule has 0 saturated heterocycles. The van der Waals surface area contributed by atoms with E-state index in [2.05, 4.69) is 0 Å². The van der Waals surface area contributed by atoms with E-state index in [-0.39, 0.29) is 5.12 Å². The number of nitriles is 1. The first-order chi connectivity index (χ1) is 5.31. The lowest BCUT2D eigenvalue weighted by Gasteiger charge is -1.94. The number of nitrogens with zero attached hydrogens (tertiary/aromatic N) is 1. The molecule has 0 saturated carbocycles. The molecule has 2 nitrogen and oxygen atoms in total. The second-order valence-electron chi connectivity index (χ2n) is 1.97. The van der Waals surface area contributed by atoms with E-state index in [0.717, 1.165) is 18.6 Å². The van der Waals surface area contributed by atoms with Crippen LogP contribution in [0.2, 0.25) is 0 Å². The SMILES string of the molecule is CSC(=O)CCCCSC#N. The first-order valence-corrected chi connectivity index (χ1v) is 5.60. The fourth-order valence-corrected chi connectivity index (χ4v) is 1.38. The van der Waals surface area contributed by atoms with Crippen LogP contribution < -0.4 is 0 Å². The van der Waals surface area contributed by atoms with Crippen LogP contribution in [-0.4, -0.2) is 17.1 Å². The molecule has 0 rings (SSSR count). The number of thiocyanates is 1. The molecule has 0 unspecified atom stereocenters. The van der Waals surface area contributed by atoms with Crippen LogP contribution in [0.15, 0.2) is 0 Å². The fourth-order valence-electron chi connectivity index (χ4n) is 0.591. The average Bonchev–Trinajstić information content (AvgIpc) is 2.04. The Morgan fingerprint density at radius 1 is 1.55 bits per heavy atom. The largest absolute Gasteiger partial charge is 0.287 e. The highest BCUT2D eigenvalue weighted by molar-refractivity contribution is 8.13. The number of rotatable bonds is 5. The van der Waals surface area contributed by atoms with Gasteiger partial charge in [0.05, 0.1) is 0 Å². The molecule has 0 amide bonds. The number of carbonyl (C=O) groups is 1. The molecule has 0 N–H and O–H groups in total. The summed E-state index contributed by atoms with van der Waals surface area (Å²) in [6, 6.07) is 0. The topological polar surface area (TPSA) is 40.9 Å². The molecule has 0 aliphatic carbocycles. The Labute approximate surface area is 75.7 Å². The van der Waals surface area contributed by atoms with Crippen molar-refractivity contribution in [2.75, 3.05) is 12.0 Å². The van der Waals surface area contributed by atoms with Gasteiger partial charge < -0.3 is 0 Å². The zero-order valence-electron chi connectivity index (χ0n) is 6.50. The second-order valence-corrected chi connectivity index (χ2v) is 3.72. The van der Waals surface area contributed by atoms with Crippen LogP contribution in [0.5, 0.6) is 0 Å². The molecule has 0 aliphatic heterocycles. The second kappa shape index (κ2) is 7.96. The minimum absolute atomic E-state index is 0.243. The molecule has 0 aromatic rings. The Morgan fingerprint density at radius 3 is 2.82 bits per heavy atom. The van der Waals surface area contributed by atoms with Crippen molar-refractivity contribution in [3.05, 3.63) is 0 Å². The van der Waals surface area contributed by atoms with Gasteiger partial charge in [-0.1, -0.05) is 11.8 Å². The lowest BCUT2D eigenvalue weighted by molar-refractivity contribution is -0.111. The van der Waals surface area contributed by atoms with Crippen molar-refractivity contribution >= 4 is 28.6 Å². The molecule has 0 aromatic carbocycles. The molecule has 11 heavy (non-hydrogen) atoms. The van der Waals surface area contributed by atoms with E-state index in [1.807, 2.05) is 5.40 Å². The van der Waals surface area contributed by atoms with E-state index >= 15 is 0 Å². The summed E-state index contributed by atoms with van der Waals surface area (Å²) in [7, 11) is 0. The molecule has 0 spiro atoms. The molecule has 0 heterocycles. The van der Waals surface area contributed by atoms with Gasteiger partial charge in [-0.15, -0.1) is 0 Å². The van der Waals surface area contributed by atoms with Crippen LogP contribution in [0.4, 0.5) is 0 Å². The van der Waals surface area contributed by atoms with Gasteiger partial charge in [-0.2, -0.15) is 5.26 Å². The van der Waals surface area contributed by atoms with Crippen LogP contribution >= 0.6 is 23.5 Å². The zero-order valence-corrected chi connectivity index (χ0v) is 8.13. The maximum atomic E-state index is 10.7. The predicted molar refractivity (Wildman–Crippen MR) is 50.4 cm³/mol. The van der Waals surface area contributed by atoms with Gasteiger partial charge in [0, 0.05) is 12.2 Å². The van der Waals surface area contributed by atoms with Gasteiger partial charge in [-0.05, 0) is 30.9 Å². The summed E-state index contributed by atoms with van der Waals surface area (Å²) in [5, 5.41) is 10.4. The van der Waals surface area contributed by atoms with Gasteiger partial charge in [-0.3, -0.25) is 4.79 Å². The maximum absolute atomic E-state index is 10.7. The van der Waals surface area contributed by atoms with E-state index < -0.39 is 0 Å². The minimum Gasteiger partial charge on any atom is -0.287 e. The van der Waals surface area contributed by atoms with Crippen molar-refractivity contribution in [1.82, 2.24) is 0 Å². The van der Waals surface area contributed by atoms with E-state index in [4.69, 9.17) is 5.26 Å². The third kappa shape index (κ3) is 7.76. The highest BCUT2D eigenvalue weighted by Gasteiger charge is 1.97. The molecular weight excluding hydrogens is 178 g/mol. The normalized spacial score (nSPS) is 9.09. The van der Waals surface area contributed by atoms with Gasteiger partial charge in [0.1, 0.15) is 5.40 Å². The van der Waals surface area contributed by atoms with Crippen molar-refractivity contribution in [2.45, 2.75) is 19.3 Å². The Morgan fingerprint density at radius 2 is 2.27 bits per heavy atom. The first-order valence-electron chi connectivity index (χ1n) is 3.39. The Hall–Kier alpha value is -0.140. The van der Waals surface area contributed by atoms with Crippen LogP contribution in [0.1, 0.15) is 19.3 Å². The quantitative estimate of drug-likeness (QED) is 0.491. The number of thioether (sulfide) groups is 2. The van der Waals surface area contributed by atoms with Crippen molar-refractivity contribution in [3.63, 3.8) is 0 Å². The van der Waals surface area contributed by atoms with Gasteiger partial charge in [0.15, 0.2) is 5.12 Å². The lowest BCUT2D eigenvalue weighted by atomic mass is 10.3. The number of unbranched alkanes of at least 4 members (excludes halogenated alkanes) is 1. The summed E-state index contributed by atoms with van der Waals surface area (Å²) in [5.41, 5.74) is 0. The van der Waals surface area contributed by atoms with E-state index in [1.54, 1.807) is 6.26 Å². The molecule has 0 bridgehead atoms. The molecule has 0 aromatic heterocycles. The zero-order chi connectivity index (χ0) is 8.53. The van der Waals surface area contributed by atoms with Crippen molar-refractivity contribution < 1.29 is 4.79 Å². The highest BCUT2D eigenvalue weighted by atomic mass is 32.2. The van der Waals surface area contributed by atoms with Crippen molar-refractivity contribution in [3.8, 4) is 5.40 Å². The molecule has 0 aliphatic rings. The highest BCUT2D eigenvalue weighted by Crippen LogP contribution is 2.08. The maximum Gasteiger partial charge on any atom is 0.188 e. The molecule has 62 valence electrons. The van der Waals surface area contributed by atoms with Crippen LogP contribution in [0, 0.1) is 10.7 Å². The predicted octanol–water partition coefficient (Wildman–Crippen LogP) is 2.26. The Kier molecular flexibility index (Phi) is 7.86. The summed E-state index contributed by atoms with van der Waals surface area (Å²) in [5.74, 6) is 0.845. The summed E-state index contributed by atoms with van der Waals surface area (Å²) >= 11 is 2.53. The third-order valence-electron chi connectivity index (χ3n) is 1.17. The Balaban J connectivity index is 3.03. The van der Waals surface area contributed by atoms with Gasteiger partial charge in [0.25, 0.3) is 0 Å². The lowest BCUT2D eigenvalue weighted by Crippen LogP contribution is -1.90. The van der Waals surface area contributed by atoms with E-state index in [9.17, 15) is 4.79 Å². The van der Waals surface area contributed by atoms with Crippen LogP contribution in [0.3, 0.4) is 0 Å².